The van der Waals surface area contributed by atoms with Crippen molar-refractivity contribution in [3.05, 3.63) is 0 Å². The molecule has 0 saturated heterocycles. The van der Waals surface area contributed by atoms with Crippen molar-refractivity contribution >= 4 is 0 Å². The van der Waals surface area contributed by atoms with Crippen LogP contribution < -0.4 is 0 Å². The minimum Gasteiger partial charge on any atom is -0.390 e. The first-order valence-corrected chi connectivity index (χ1v) is 12.0. The highest BCUT2D eigenvalue weighted by Crippen LogP contribution is 2.64. The summed E-state index contributed by atoms with van der Waals surface area (Å²) in [5.74, 6) is 2.39. The molecule has 0 radical (unpaired) electrons. The molecule has 0 spiro atoms. The summed E-state index contributed by atoms with van der Waals surface area (Å²) in [5, 5.41) is 20.7. The van der Waals surface area contributed by atoms with E-state index >= 15 is 0 Å². The molecule has 3 fully saturated rings. The average Bonchev–Trinajstić information content (AvgIpc) is 2.95. The van der Waals surface area contributed by atoms with Crippen LogP contribution in [0.1, 0.15) is 106 Å². The van der Waals surface area contributed by atoms with Gasteiger partial charge in [0, 0.05) is 0 Å². The Kier molecular flexibility index (Phi) is 6.33. The summed E-state index contributed by atoms with van der Waals surface area (Å²) in [4.78, 5) is 0. The van der Waals surface area contributed by atoms with Gasteiger partial charge in [-0.05, 0) is 107 Å². The van der Waals surface area contributed by atoms with E-state index < -0.39 is 11.2 Å². The van der Waals surface area contributed by atoms with Gasteiger partial charge < -0.3 is 14.9 Å². The molecule has 164 valence electrons. The number of fused-ring (bicyclic) bond motifs is 3. The van der Waals surface area contributed by atoms with Crippen molar-refractivity contribution in [2.24, 2.45) is 28.6 Å². The second kappa shape index (κ2) is 7.85. The lowest BCUT2D eigenvalue weighted by Crippen LogP contribution is -2.50. The fourth-order valence-electron chi connectivity index (χ4n) is 7.05. The lowest BCUT2D eigenvalue weighted by atomic mass is 9.49. The zero-order valence-corrected chi connectivity index (χ0v) is 19.4. The maximum Gasteiger partial charge on any atom is 0.0824 e. The van der Waals surface area contributed by atoms with E-state index in [2.05, 4.69) is 20.8 Å². The van der Waals surface area contributed by atoms with Gasteiger partial charge in [0.15, 0.2) is 0 Å². The van der Waals surface area contributed by atoms with Gasteiger partial charge in [-0.2, -0.15) is 0 Å². The van der Waals surface area contributed by atoms with E-state index in [1.54, 1.807) is 0 Å². The molecular formula is C25H46O3. The minimum atomic E-state index is -0.745. The molecule has 0 aromatic carbocycles. The Morgan fingerprint density at radius 2 is 1.68 bits per heavy atom. The van der Waals surface area contributed by atoms with Crippen molar-refractivity contribution in [1.82, 2.24) is 0 Å². The number of hydrogen-bond acceptors (Lipinski definition) is 3. The van der Waals surface area contributed by atoms with Gasteiger partial charge in [0.25, 0.3) is 0 Å². The van der Waals surface area contributed by atoms with Gasteiger partial charge in [0.2, 0.25) is 0 Å². The van der Waals surface area contributed by atoms with Gasteiger partial charge >= 0.3 is 0 Å². The van der Waals surface area contributed by atoms with Crippen LogP contribution in [0.2, 0.25) is 0 Å². The van der Waals surface area contributed by atoms with Crippen molar-refractivity contribution in [1.29, 1.82) is 0 Å². The largest absolute Gasteiger partial charge is 0.390 e. The molecule has 0 heterocycles. The molecule has 0 aromatic rings. The van der Waals surface area contributed by atoms with Crippen molar-refractivity contribution in [2.45, 2.75) is 123 Å². The summed E-state index contributed by atoms with van der Waals surface area (Å²) < 4.78 is 6.30. The van der Waals surface area contributed by atoms with Gasteiger partial charge in [0.1, 0.15) is 0 Å². The van der Waals surface area contributed by atoms with E-state index in [1.165, 1.54) is 38.5 Å². The topological polar surface area (TPSA) is 49.7 Å². The predicted molar refractivity (Wildman–Crippen MR) is 115 cm³/mol. The summed E-state index contributed by atoms with van der Waals surface area (Å²) in [5.41, 5.74) is -0.594. The molecule has 3 saturated carbocycles. The zero-order valence-electron chi connectivity index (χ0n) is 19.4. The average molecular weight is 395 g/mol. The van der Waals surface area contributed by atoms with Crippen molar-refractivity contribution in [2.75, 3.05) is 6.61 Å². The first kappa shape index (κ1) is 22.6. The highest BCUT2D eigenvalue weighted by atomic mass is 16.5. The van der Waals surface area contributed by atoms with Crippen LogP contribution >= 0.6 is 0 Å². The molecule has 3 aliphatic rings. The standard InChI is InChI=1S/C25H46O3/c1-7-24(5,27)16-15-23(4)13-8-9-18-19(23)12-14-25(6)20(18)10-11-21(25)28-17-22(2,3)26/h18-21,26-27H,7-17H2,1-6H3/t18-,19+,20+,21+,23-,24?,25+/m1/s1. The Hall–Kier alpha value is -0.120. The second-order valence-corrected chi connectivity index (χ2v) is 12.0. The lowest BCUT2D eigenvalue weighted by molar-refractivity contribution is -0.129. The van der Waals surface area contributed by atoms with Crippen molar-refractivity contribution < 1.29 is 14.9 Å². The molecule has 0 aromatic heterocycles. The first-order chi connectivity index (χ1) is 12.9. The molecule has 28 heavy (non-hydrogen) atoms. The monoisotopic (exact) mass is 394 g/mol. The fraction of sp³-hybridized carbons (Fsp3) is 1.00. The molecule has 3 heteroatoms. The van der Waals surface area contributed by atoms with E-state index in [0.717, 1.165) is 43.4 Å². The van der Waals surface area contributed by atoms with E-state index in [-0.39, 0.29) is 5.41 Å². The molecule has 1 unspecified atom stereocenters. The second-order valence-electron chi connectivity index (χ2n) is 12.0. The normalized spacial score (nSPS) is 43.3. The highest BCUT2D eigenvalue weighted by molar-refractivity contribution is 5.07. The molecule has 7 atom stereocenters. The molecule has 3 aliphatic carbocycles. The Morgan fingerprint density at radius 1 is 0.964 bits per heavy atom. The smallest absolute Gasteiger partial charge is 0.0824 e. The third kappa shape index (κ3) is 4.47. The van der Waals surface area contributed by atoms with E-state index in [0.29, 0.717) is 18.1 Å². The minimum absolute atomic E-state index is 0.277. The summed E-state index contributed by atoms with van der Waals surface area (Å²) in [6.07, 6.45) is 12.3. The lowest BCUT2D eigenvalue weighted by Gasteiger charge is -2.57. The van der Waals surface area contributed by atoms with Crippen LogP contribution in [0.4, 0.5) is 0 Å². The molecule has 3 nitrogen and oxygen atoms in total. The summed E-state index contributed by atoms with van der Waals surface area (Å²) in [6, 6.07) is 0. The fourth-order valence-corrected chi connectivity index (χ4v) is 7.05. The first-order valence-electron chi connectivity index (χ1n) is 12.0. The van der Waals surface area contributed by atoms with Gasteiger partial charge in [-0.1, -0.05) is 27.2 Å². The van der Waals surface area contributed by atoms with Gasteiger partial charge in [0.05, 0.1) is 23.9 Å². The van der Waals surface area contributed by atoms with E-state index in [9.17, 15) is 10.2 Å². The molecule has 0 bridgehead atoms. The number of aliphatic hydroxyl groups is 2. The Balaban J connectivity index is 1.71. The highest BCUT2D eigenvalue weighted by Gasteiger charge is 2.58. The van der Waals surface area contributed by atoms with Crippen molar-refractivity contribution in [3.63, 3.8) is 0 Å². The number of rotatable bonds is 7. The molecule has 2 N–H and O–H groups in total. The van der Waals surface area contributed by atoms with Gasteiger partial charge in [-0.3, -0.25) is 0 Å². The van der Waals surface area contributed by atoms with Crippen LogP contribution in [-0.2, 0) is 4.74 Å². The third-order valence-corrected chi connectivity index (χ3v) is 9.16. The Bertz CT molecular complexity index is 536. The van der Waals surface area contributed by atoms with E-state index in [4.69, 9.17) is 4.74 Å². The van der Waals surface area contributed by atoms with Gasteiger partial charge in [-0.25, -0.2) is 0 Å². The third-order valence-electron chi connectivity index (χ3n) is 9.16. The summed E-state index contributed by atoms with van der Waals surface area (Å²) >= 11 is 0. The van der Waals surface area contributed by atoms with Crippen LogP contribution in [-0.4, -0.2) is 34.1 Å². The van der Waals surface area contributed by atoms with Crippen LogP contribution in [0.25, 0.3) is 0 Å². The van der Waals surface area contributed by atoms with Crippen molar-refractivity contribution in [3.8, 4) is 0 Å². The van der Waals surface area contributed by atoms with E-state index in [1.807, 2.05) is 20.8 Å². The molecule has 3 rings (SSSR count). The Morgan fingerprint density at radius 3 is 2.32 bits per heavy atom. The zero-order chi connectivity index (χ0) is 20.8. The van der Waals surface area contributed by atoms with Gasteiger partial charge in [-0.15, -0.1) is 0 Å². The Labute approximate surface area is 173 Å². The molecule has 0 amide bonds. The van der Waals surface area contributed by atoms with Crippen LogP contribution in [0.3, 0.4) is 0 Å². The van der Waals surface area contributed by atoms with Crippen LogP contribution in [0.15, 0.2) is 0 Å². The summed E-state index contributed by atoms with van der Waals surface area (Å²) in [6.45, 7) is 13.2. The maximum atomic E-state index is 10.6. The van der Waals surface area contributed by atoms with Crippen LogP contribution in [0.5, 0.6) is 0 Å². The molecule has 0 aliphatic heterocycles. The number of hydrogen-bond donors (Lipinski definition) is 2. The summed E-state index contributed by atoms with van der Waals surface area (Å²) in [7, 11) is 0. The predicted octanol–water partition coefficient (Wildman–Crippen LogP) is 5.72. The van der Waals surface area contributed by atoms with Crippen LogP contribution in [0, 0.1) is 28.6 Å². The maximum absolute atomic E-state index is 10.6. The quantitative estimate of drug-likeness (QED) is 0.581. The SMILES string of the molecule is CCC(C)(O)CC[C@@]1(C)CCC[C@@H]2[C@@H]1CC[C@]1(C)[C@@H](OCC(C)(C)O)CC[C@@H]21. The number of ether oxygens (including phenoxy) is 1. The molecular weight excluding hydrogens is 348 g/mol.